The zero-order chi connectivity index (χ0) is 15.3. The number of ether oxygens (including phenoxy) is 1. The van der Waals surface area contributed by atoms with Gasteiger partial charge in [0.15, 0.2) is 0 Å². The molecule has 1 aliphatic rings. The molecule has 0 radical (unpaired) electrons. The molecule has 1 atom stereocenters. The molecule has 118 valence electrons. The van der Waals surface area contributed by atoms with Gasteiger partial charge in [0.05, 0.1) is 18.0 Å². The number of hydrogen-bond donors (Lipinski definition) is 1. The Hall–Kier alpha value is -1.09. The van der Waals surface area contributed by atoms with Gasteiger partial charge in [-0.05, 0) is 56.2 Å². The van der Waals surface area contributed by atoms with Crippen LogP contribution in [-0.2, 0) is 0 Å². The van der Waals surface area contributed by atoms with Crippen LogP contribution >= 0.6 is 0 Å². The van der Waals surface area contributed by atoms with E-state index in [1.54, 1.807) is 0 Å². The molecule has 3 nitrogen and oxygen atoms in total. The lowest BCUT2D eigenvalue weighted by Gasteiger charge is -2.34. The topological polar surface area (TPSA) is 34.1 Å². The van der Waals surface area contributed by atoms with E-state index in [-0.39, 0.29) is 0 Å². The van der Waals surface area contributed by atoms with Gasteiger partial charge < -0.3 is 10.1 Å². The van der Waals surface area contributed by atoms with Gasteiger partial charge in [-0.15, -0.1) is 0 Å². The van der Waals surface area contributed by atoms with Crippen LogP contribution in [0.3, 0.4) is 0 Å². The van der Waals surface area contributed by atoms with Crippen LogP contribution in [0.1, 0.15) is 71.5 Å². The van der Waals surface area contributed by atoms with Gasteiger partial charge in [0.25, 0.3) is 0 Å². The Labute approximate surface area is 129 Å². The van der Waals surface area contributed by atoms with Crippen molar-refractivity contribution in [2.45, 2.75) is 71.9 Å². The summed E-state index contributed by atoms with van der Waals surface area (Å²) in [6, 6.07) is 4.51. The molecule has 0 amide bonds. The van der Waals surface area contributed by atoms with E-state index in [9.17, 15) is 0 Å². The minimum Gasteiger partial charge on any atom is -0.489 e. The third-order valence-corrected chi connectivity index (χ3v) is 4.56. The maximum absolute atomic E-state index is 6.09. The molecule has 0 saturated heterocycles. The highest BCUT2D eigenvalue weighted by Gasteiger charge is 2.27. The minimum absolute atomic E-state index is 0.347. The molecule has 21 heavy (non-hydrogen) atoms. The molecule has 1 saturated carbocycles. The van der Waals surface area contributed by atoms with Gasteiger partial charge in [-0.2, -0.15) is 0 Å². The Morgan fingerprint density at radius 3 is 2.52 bits per heavy atom. The quantitative estimate of drug-likeness (QED) is 0.838. The molecule has 0 bridgehead atoms. The molecule has 1 aliphatic carbocycles. The number of aromatic nitrogens is 1. The maximum Gasteiger partial charge on any atom is 0.138 e. The van der Waals surface area contributed by atoms with E-state index in [1.165, 1.54) is 12.8 Å². The van der Waals surface area contributed by atoms with Crippen molar-refractivity contribution in [3.63, 3.8) is 0 Å². The Bertz CT molecular complexity index is 417. The van der Waals surface area contributed by atoms with Crippen molar-refractivity contribution >= 4 is 0 Å². The molecule has 1 heterocycles. The summed E-state index contributed by atoms with van der Waals surface area (Å²) in [7, 11) is 0. The van der Waals surface area contributed by atoms with Gasteiger partial charge in [-0.1, -0.05) is 27.7 Å². The van der Waals surface area contributed by atoms with Crippen molar-refractivity contribution in [2.24, 2.45) is 5.41 Å². The van der Waals surface area contributed by atoms with E-state index < -0.39 is 0 Å². The average Bonchev–Trinajstić information content (AvgIpc) is 2.48. The summed E-state index contributed by atoms with van der Waals surface area (Å²) in [6.45, 7) is 9.99. The van der Waals surface area contributed by atoms with Crippen LogP contribution in [0.15, 0.2) is 18.3 Å². The lowest BCUT2D eigenvalue weighted by molar-refractivity contribution is 0.0984. The Morgan fingerprint density at radius 2 is 2.00 bits per heavy atom. The van der Waals surface area contributed by atoms with Crippen LogP contribution in [0.25, 0.3) is 0 Å². The molecule has 0 aromatic carbocycles. The second kappa shape index (κ2) is 7.26. The molecule has 2 rings (SSSR count). The largest absolute Gasteiger partial charge is 0.489 e. The molecule has 1 N–H and O–H groups in total. The van der Waals surface area contributed by atoms with Gasteiger partial charge in [-0.3, -0.25) is 4.98 Å². The Morgan fingerprint density at radius 1 is 1.29 bits per heavy atom. The summed E-state index contributed by atoms with van der Waals surface area (Å²) in [5, 5.41) is 3.46. The molecule has 3 heteroatoms. The fourth-order valence-electron chi connectivity index (χ4n) is 3.06. The van der Waals surface area contributed by atoms with Crippen LogP contribution in [0.4, 0.5) is 0 Å². The Kier molecular flexibility index (Phi) is 5.63. The summed E-state index contributed by atoms with van der Waals surface area (Å²) in [4.78, 5) is 4.58. The Balaban J connectivity index is 1.90. The first-order valence-corrected chi connectivity index (χ1v) is 8.40. The summed E-state index contributed by atoms with van der Waals surface area (Å²) >= 11 is 0. The third-order valence-electron chi connectivity index (χ3n) is 4.56. The van der Waals surface area contributed by atoms with E-state index in [0.717, 1.165) is 37.3 Å². The maximum atomic E-state index is 6.09. The van der Waals surface area contributed by atoms with Crippen LogP contribution in [-0.4, -0.2) is 17.6 Å². The fraction of sp³-hybridized carbons (Fsp3) is 0.722. The van der Waals surface area contributed by atoms with Gasteiger partial charge in [0.1, 0.15) is 5.75 Å². The molecular formula is C18H30N2O. The molecule has 1 aromatic rings. The van der Waals surface area contributed by atoms with Crippen molar-refractivity contribution in [2.75, 3.05) is 6.54 Å². The predicted molar refractivity (Wildman–Crippen MR) is 87.6 cm³/mol. The van der Waals surface area contributed by atoms with E-state index in [4.69, 9.17) is 4.74 Å². The fourth-order valence-corrected chi connectivity index (χ4v) is 3.06. The SMILES string of the molecule is CCNC(CC)c1ccc(OC2CCC(C)(C)CC2)cn1. The predicted octanol–water partition coefficient (Wildman–Crippen LogP) is 4.49. The lowest BCUT2D eigenvalue weighted by Crippen LogP contribution is -2.28. The van der Waals surface area contributed by atoms with Crippen LogP contribution in [0.5, 0.6) is 5.75 Å². The molecule has 1 unspecified atom stereocenters. The van der Waals surface area contributed by atoms with E-state index in [2.05, 4.69) is 50.1 Å². The third kappa shape index (κ3) is 4.70. The summed E-state index contributed by atoms with van der Waals surface area (Å²) in [5.74, 6) is 0.912. The lowest BCUT2D eigenvalue weighted by atomic mass is 9.76. The van der Waals surface area contributed by atoms with Crippen LogP contribution in [0.2, 0.25) is 0 Å². The first-order valence-electron chi connectivity index (χ1n) is 8.40. The van der Waals surface area contributed by atoms with Crippen LogP contribution < -0.4 is 10.1 Å². The first kappa shape index (κ1) is 16.3. The number of pyridine rings is 1. The van der Waals surface area contributed by atoms with Gasteiger partial charge in [0, 0.05) is 6.04 Å². The standard InChI is InChI=1S/C18H30N2O/c1-5-16(19-6-2)17-8-7-15(13-20-17)21-14-9-11-18(3,4)12-10-14/h7-8,13-14,16,19H,5-6,9-12H2,1-4H3. The van der Waals surface area contributed by atoms with Gasteiger partial charge in [0.2, 0.25) is 0 Å². The zero-order valence-corrected chi connectivity index (χ0v) is 14.0. The smallest absolute Gasteiger partial charge is 0.138 e. The number of hydrogen-bond acceptors (Lipinski definition) is 3. The highest BCUT2D eigenvalue weighted by molar-refractivity contribution is 5.22. The van der Waals surface area contributed by atoms with E-state index >= 15 is 0 Å². The van der Waals surface area contributed by atoms with Crippen molar-refractivity contribution < 1.29 is 4.74 Å². The summed E-state index contributed by atoms with van der Waals surface area (Å²) < 4.78 is 6.09. The average molecular weight is 290 g/mol. The second-order valence-electron chi connectivity index (χ2n) is 6.92. The number of nitrogens with zero attached hydrogens (tertiary/aromatic N) is 1. The molecule has 0 aliphatic heterocycles. The second-order valence-corrected chi connectivity index (χ2v) is 6.92. The monoisotopic (exact) mass is 290 g/mol. The first-order chi connectivity index (χ1) is 10.0. The van der Waals surface area contributed by atoms with E-state index in [0.29, 0.717) is 17.6 Å². The van der Waals surface area contributed by atoms with E-state index in [1.807, 2.05) is 6.20 Å². The molecule has 1 fully saturated rings. The zero-order valence-electron chi connectivity index (χ0n) is 14.0. The van der Waals surface area contributed by atoms with Gasteiger partial charge >= 0.3 is 0 Å². The molecule has 0 spiro atoms. The minimum atomic E-state index is 0.347. The van der Waals surface area contributed by atoms with Crippen molar-refractivity contribution in [1.29, 1.82) is 0 Å². The molecule has 1 aromatic heterocycles. The van der Waals surface area contributed by atoms with Crippen LogP contribution in [0, 0.1) is 5.41 Å². The summed E-state index contributed by atoms with van der Waals surface area (Å²) in [5.41, 5.74) is 1.60. The highest BCUT2D eigenvalue weighted by atomic mass is 16.5. The van der Waals surface area contributed by atoms with Gasteiger partial charge in [-0.25, -0.2) is 0 Å². The highest BCUT2D eigenvalue weighted by Crippen LogP contribution is 2.36. The molecular weight excluding hydrogens is 260 g/mol. The number of rotatable bonds is 6. The van der Waals surface area contributed by atoms with Crippen molar-refractivity contribution in [1.82, 2.24) is 10.3 Å². The normalized spacial score (nSPS) is 20.2. The van der Waals surface area contributed by atoms with Crippen molar-refractivity contribution in [3.05, 3.63) is 24.0 Å². The summed E-state index contributed by atoms with van der Waals surface area (Å²) in [6.07, 6.45) is 8.12. The number of nitrogens with one attached hydrogen (secondary N) is 1. The van der Waals surface area contributed by atoms with Crippen molar-refractivity contribution in [3.8, 4) is 5.75 Å².